The average Bonchev–Trinajstić information content (AvgIpc) is 2.70. The summed E-state index contributed by atoms with van der Waals surface area (Å²) in [5.74, 6) is 0.578. The zero-order valence-electron chi connectivity index (χ0n) is 15.1. The van der Waals surface area contributed by atoms with Gasteiger partial charge in [0, 0.05) is 17.1 Å². The van der Waals surface area contributed by atoms with E-state index in [0.717, 1.165) is 23.7 Å². The van der Waals surface area contributed by atoms with E-state index in [-0.39, 0.29) is 11.9 Å². The second-order valence-electron chi connectivity index (χ2n) is 6.58. The SMILES string of the molecule is COc1cccc(C(=O)NCC(c2ccccc2Cl)N2CCCCC2)c1. The molecule has 2 aromatic rings. The van der Waals surface area contributed by atoms with Crippen molar-refractivity contribution in [3.05, 3.63) is 64.7 Å². The summed E-state index contributed by atoms with van der Waals surface area (Å²) in [6.45, 7) is 2.59. The summed E-state index contributed by atoms with van der Waals surface area (Å²) < 4.78 is 5.21. The van der Waals surface area contributed by atoms with Crippen molar-refractivity contribution in [2.24, 2.45) is 0 Å². The number of methoxy groups -OCH3 is 1. The Hall–Kier alpha value is -2.04. The highest BCUT2D eigenvalue weighted by Crippen LogP contribution is 2.29. The van der Waals surface area contributed by atoms with E-state index in [2.05, 4.69) is 16.3 Å². The molecule has 1 saturated heterocycles. The Kier molecular flexibility index (Phi) is 6.53. The lowest BCUT2D eigenvalue weighted by Gasteiger charge is -2.35. The van der Waals surface area contributed by atoms with Crippen LogP contribution in [0, 0.1) is 0 Å². The van der Waals surface area contributed by atoms with E-state index in [4.69, 9.17) is 16.3 Å². The summed E-state index contributed by atoms with van der Waals surface area (Å²) in [5.41, 5.74) is 1.67. The first-order chi connectivity index (χ1) is 12.7. The summed E-state index contributed by atoms with van der Waals surface area (Å²) in [6, 6.07) is 15.2. The van der Waals surface area contributed by atoms with Gasteiger partial charge < -0.3 is 10.1 Å². The monoisotopic (exact) mass is 372 g/mol. The van der Waals surface area contributed by atoms with Crippen LogP contribution in [-0.4, -0.2) is 37.6 Å². The van der Waals surface area contributed by atoms with Gasteiger partial charge in [0.25, 0.3) is 5.91 Å². The normalized spacial score (nSPS) is 16.1. The maximum atomic E-state index is 12.6. The molecular formula is C21H25ClN2O2. The number of ether oxygens (including phenoxy) is 1. The summed E-state index contributed by atoms with van der Waals surface area (Å²) in [4.78, 5) is 15.0. The summed E-state index contributed by atoms with van der Waals surface area (Å²) in [6.07, 6.45) is 3.64. The van der Waals surface area contributed by atoms with Gasteiger partial charge in [-0.1, -0.05) is 42.3 Å². The van der Waals surface area contributed by atoms with E-state index >= 15 is 0 Å². The third-order valence-electron chi connectivity index (χ3n) is 4.88. The van der Waals surface area contributed by atoms with Crippen LogP contribution in [0.1, 0.15) is 41.2 Å². The van der Waals surface area contributed by atoms with Gasteiger partial charge in [0.1, 0.15) is 5.75 Å². The lowest BCUT2D eigenvalue weighted by molar-refractivity contribution is 0.0924. The van der Waals surface area contributed by atoms with Gasteiger partial charge in [0.05, 0.1) is 13.2 Å². The van der Waals surface area contributed by atoms with Crippen LogP contribution in [0.15, 0.2) is 48.5 Å². The molecule has 3 rings (SSSR count). The van der Waals surface area contributed by atoms with Gasteiger partial charge in [0.15, 0.2) is 0 Å². The van der Waals surface area contributed by atoms with Gasteiger partial charge in [-0.3, -0.25) is 9.69 Å². The number of hydrogen-bond donors (Lipinski definition) is 1. The average molecular weight is 373 g/mol. The Morgan fingerprint density at radius 3 is 2.65 bits per heavy atom. The molecule has 1 unspecified atom stereocenters. The molecule has 0 aliphatic carbocycles. The highest BCUT2D eigenvalue weighted by molar-refractivity contribution is 6.31. The van der Waals surface area contributed by atoms with Crippen molar-refractivity contribution in [2.75, 3.05) is 26.7 Å². The van der Waals surface area contributed by atoms with Crippen LogP contribution in [0.25, 0.3) is 0 Å². The van der Waals surface area contributed by atoms with E-state index in [1.165, 1.54) is 19.3 Å². The fourth-order valence-electron chi connectivity index (χ4n) is 3.47. The molecule has 1 atom stereocenters. The molecule has 138 valence electrons. The molecule has 1 aliphatic heterocycles. The van der Waals surface area contributed by atoms with Crippen LogP contribution in [0.2, 0.25) is 5.02 Å². The topological polar surface area (TPSA) is 41.6 Å². The van der Waals surface area contributed by atoms with Gasteiger partial charge >= 0.3 is 0 Å². The zero-order chi connectivity index (χ0) is 18.4. The van der Waals surface area contributed by atoms with Crippen LogP contribution in [0.4, 0.5) is 0 Å². The van der Waals surface area contributed by atoms with Crippen LogP contribution >= 0.6 is 11.6 Å². The molecule has 0 radical (unpaired) electrons. The third-order valence-corrected chi connectivity index (χ3v) is 5.23. The lowest BCUT2D eigenvalue weighted by Crippen LogP contribution is -2.40. The van der Waals surface area contributed by atoms with Crippen LogP contribution in [0.5, 0.6) is 5.75 Å². The minimum atomic E-state index is -0.0991. The first kappa shape index (κ1) is 18.7. The van der Waals surface area contributed by atoms with Gasteiger partial charge in [-0.05, 0) is 55.8 Å². The fourth-order valence-corrected chi connectivity index (χ4v) is 3.73. The van der Waals surface area contributed by atoms with E-state index in [0.29, 0.717) is 17.9 Å². The maximum absolute atomic E-state index is 12.6. The van der Waals surface area contributed by atoms with Crippen LogP contribution in [-0.2, 0) is 0 Å². The second kappa shape index (κ2) is 9.06. The number of piperidine rings is 1. The van der Waals surface area contributed by atoms with Gasteiger partial charge in [-0.25, -0.2) is 0 Å². The first-order valence-electron chi connectivity index (χ1n) is 9.10. The predicted molar refractivity (Wildman–Crippen MR) is 105 cm³/mol. The minimum Gasteiger partial charge on any atom is -0.497 e. The number of halogens is 1. The van der Waals surface area contributed by atoms with Crippen LogP contribution < -0.4 is 10.1 Å². The van der Waals surface area contributed by atoms with E-state index < -0.39 is 0 Å². The Balaban J connectivity index is 1.75. The molecule has 0 saturated carbocycles. The molecule has 0 bridgehead atoms. The van der Waals surface area contributed by atoms with Crippen molar-refractivity contribution < 1.29 is 9.53 Å². The summed E-state index contributed by atoms with van der Waals surface area (Å²) >= 11 is 6.45. The number of carbonyl (C=O) groups excluding carboxylic acids is 1. The number of likely N-dealkylation sites (tertiary alicyclic amines) is 1. The number of nitrogens with one attached hydrogen (secondary N) is 1. The Morgan fingerprint density at radius 2 is 1.92 bits per heavy atom. The number of benzene rings is 2. The molecule has 1 heterocycles. The van der Waals surface area contributed by atoms with Crippen molar-refractivity contribution >= 4 is 17.5 Å². The number of rotatable bonds is 6. The highest BCUT2D eigenvalue weighted by atomic mass is 35.5. The third kappa shape index (κ3) is 4.57. The summed E-state index contributed by atoms with van der Waals surface area (Å²) in [5, 5.41) is 3.83. The van der Waals surface area contributed by atoms with E-state index in [9.17, 15) is 4.79 Å². The molecule has 5 heteroatoms. The highest BCUT2D eigenvalue weighted by Gasteiger charge is 2.24. The van der Waals surface area contributed by atoms with E-state index in [1.807, 2.05) is 30.3 Å². The molecular weight excluding hydrogens is 348 g/mol. The Morgan fingerprint density at radius 1 is 1.15 bits per heavy atom. The molecule has 0 spiro atoms. The molecule has 1 aliphatic rings. The number of amides is 1. The smallest absolute Gasteiger partial charge is 0.251 e. The van der Waals surface area contributed by atoms with Gasteiger partial charge in [0.2, 0.25) is 0 Å². The van der Waals surface area contributed by atoms with Gasteiger partial charge in [-0.15, -0.1) is 0 Å². The predicted octanol–water partition coefficient (Wildman–Crippen LogP) is 4.31. The van der Waals surface area contributed by atoms with Crippen molar-refractivity contribution in [1.82, 2.24) is 10.2 Å². The quantitative estimate of drug-likeness (QED) is 0.821. The Bertz CT molecular complexity index is 744. The van der Waals surface area contributed by atoms with Crippen molar-refractivity contribution in [1.29, 1.82) is 0 Å². The Labute approximate surface area is 160 Å². The molecule has 1 N–H and O–H groups in total. The molecule has 4 nitrogen and oxygen atoms in total. The zero-order valence-corrected chi connectivity index (χ0v) is 15.8. The number of carbonyl (C=O) groups is 1. The molecule has 1 amide bonds. The van der Waals surface area contributed by atoms with Crippen molar-refractivity contribution in [3.8, 4) is 5.75 Å². The van der Waals surface area contributed by atoms with Crippen molar-refractivity contribution in [3.63, 3.8) is 0 Å². The fraction of sp³-hybridized carbons (Fsp3) is 0.381. The molecule has 2 aromatic carbocycles. The van der Waals surface area contributed by atoms with Gasteiger partial charge in [-0.2, -0.15) is 0 Å². The minimum absolute atomic E-state index is 0.0820. The lowest BCUT2D eigenvalue weighted by atomic mass is 10.0. The summed E-state index contributed by atoms with van der Waals surface area (Å²) in [7, 11) is 1.60. The number of nitrogens with zero attached hydrogens (tertiary/aromatic N) is 1. The molecule has 0 aromatic heterocycles. The molecule has 1 fully saturated rings. The van der Waals surface area contributed by atoms with Crippen LogP contribution in [0.3, 0.4) is 0 Å². The maximum Gasteiger partial charge on any atom is 0.251 e. The first-order valence-corrected chi connectivity index (χ1v) is 9.47. The standard InChI is InChI=1S/C21H25ClN2O2/c1-26-17-9-7-8-16(14-17)21(25)23-15-20(24-12-5-2-6-13-24)18-10-3-4-11-19(18)22/h3-4,7-11,14,20H,2,5-6,12-13,15H2,1H3,(H,23,25). The number of hydrogen-bond acceptors (Lipinski definition) is 3. The van der Waals surface area contributed by atoms with Crippen molar-refractivity contribution in [2.45, 2.75) is 25.3 Å². The molecule has 26 heavy (non-hydrogen) atoms. The largest absolute Gasteiger partial charge is 0.497 e. The second-order valence-corrected chi connectivity index (χ2v) is 6.98. The van der Waals surface area contributed by atoms with E-state index in [1.54, 1.807) is 19.2 Å².